The van der Waals surface area contributed by atoms with Crippen molar-refractivity contribution in [3.63, 3.8) is 0 Å². The van der Waals surface area contributed by atoms with Gasteiger partial charge in [0.05, 0.1) is 0 Å². The van der Waals surface area contributed by atoms with Crippen LogP contribution in [0.25, 0.3) is 0 Å². The molecule has 4 N–H and O–H groups in total. The Bertz CT molecular complexity index is 457. The summed E-state index contributed by atoms with van der Waals surface area (Å²) in [6, 6.07) is 4.73. The summed E-state index contributed by atoms with van der Waals surface area (Å²) >= 11 is 0. The van der Waals surface area contributed by atoms with Gasteiger partial charge in [-0.05, 0) is 49.9 Å². The topological polar surface area (TPSA) is 75.3 Å². The number of phenolic OH excluding ortho intramolecular Hbond substituents is 1. The first kappa shape index (κ1) is 15.5. The van der Waals surface area contributed by atoms with Crippen LogP contribution < -0.4 is 11.1 Å². The van der Waals surface area contributed by atoms with Gasteiger partial charge in [0.1, 0.15) is 5.75 Å². The fourth-order valence-corrected chi connectivity index (χ4v) is 2.33. The Kier molecular flexibility index (Phi) is 4.95. The van der Waals surface area contributed by atoms with Crippen molar-refractivity contribution in [3.8, 4) is 5.75 Å². The zero-order valence-electron chi connectivity index (χ0n) is 12.2. The minimum Gasteiger partial charge on any atom is -0.508 e. The van der Waals surface area contributed by atoms with Crippen molar-refractivity contribution in [1.29, 1.82) is 0 Å². The lowest BCUT2D eigenvalue weighted by molar-refractivity contribution is 0.0897. The lowest BCUT2D eigenvalue weighted by Gasteiger charge is -2.31. The van der Waals surface area contributed by atoms with Crippen LogP contribution in [0, 0.1) is 12.8 Å². The number of aromatic hydroxyl groups is 1. The monoisotopic (exact) mass is 264 g/mol. The second kappa shape index (κ2) is 6.06. The largest absolute Gasteiger partial charge is 0.508 e. The van der Waals surface area contributed by atoms with Crippen LogP contribution in [0.3, 0.4) is 0 Å². The van der Waals surface area contributed by atoms with Crippen LogP contribution in [-0.4, -0.2) is 23.1 Å². The SMILES string of the molecule is Cc1cc(O)ccc1C(=O)NC(C)(CN)CC(C)C. The molecule has 1 unspecified atom stereocenters. The second-order valence-corrected chi connectivity index (χ2v) is 5.82. The molecule has 19 heavy (non-hydrogen) atoms. The van der Waals surface area contributed by atoms with Crippen molar-refractivity contribution in [2.45, 2.75) is 39.7 Å². The van der Waals surface area contributed by atoms with Crippen molar-refractivity contribution in [2.24, 2.45) is 11.7 Å². The number of hydrogen-bond donors (Lipinski definition) is 3. The molecule has 1 aromatic rings. The highest BCUT2D eigenvalue weighted by Crippen LogP contribution is 2.19. The van der Waals surface area contributed by atoms with Crippen molar-refractivity contribution in [2.75, 3.05) is 6.54 Å². The molecule has 1 atom stereocenters. The van der Waals surface area contributed by atoms with E-state index in [0.717, 1.165) is 12.0 Å². The lowest BCUT2D eigenvalue weighted by atomic mass is 9.90. The molecule has 0 aliphatic heterocycles. The normalized spacial score (nSPS) is 14.2. The Morgan fingerprint density at radius 1 is 1.47 bits per heavy atom. The van der Waals surface area contributed by atoms with Gasteiger partial charge in [-0.25, -0.2) is 0 Å². The third-order valence-corrected chi connectivity index (χ3v) is 3.18. The number of carbonyl (C=O) groups is 1. The van der Waals surface area contributed by atoms with Crippen LogP contribution in [0.1, 0.15) is 43.1 Å². The molecule has 0 aliphatic carbocycles. The summed E-state index contributed by atoms with van der Waals surface area (Å²) in [4.78, 5) is 12.3. The number of aryl methyl sites for hydroxylation is 1. The second-order valence-electron chi connectivity index (χ2n) is 5.82. The van der Waals surface area contributed by atoms with Crippen LogP contribution >= 0.6 is 0 Å². The predicted molar refractivity (Wildman–Crippen MR) is 77.2 cm³/mol. The van der Waals surface area contributed by atoms with Crippen LogP contribution in [0.4, 0.5) is 0 Å². The number of amides is 1. The van der Waals surface area contributed by atoms with Gasteiger partial charge in [0.25, 0.3) is 5.91 Å². The first-order chi connectivity index (χ1) is 8.77. The molecule has 1 aromatic carbocycles. The van der Waals surface area contributed by atoms with Gasteiger partial charge in [0, 0.05) is 17.6 Å². The van der Waals surface area contributed by atoms with E-state index in [-0.39, 0.29) is 11.7 Å². The van der Waals surface area contributed by atoms with Gasteiger partial charge < -0.3 is 16.2 Å². The Labute approximate surface area is 115 Å². The van der Waals surface area contributed by atoms with Crippen LogP contribution in [0.5, 0.6) is 5.75 Å². The van der Waals surface area contributed by atoms with Crippen molar-refractivity contribution < 1.29 is 9.90 Å². The van der Waals surface area contributed by atoms with Gasteiger partial charge in [-0.3, -0.25) is 4.79 Å². The number of rotatable bonds is 5. The Hall–Kier alpha value is -1.55. The average Bonchev–Trinajstić information content (AvgIpc) is 2.27. The molecule has 0 fully saturated rings. The summed E-state index contributed by atoms with van der Waals surface area (Å²) < 4.78 is 0. The van der Waals surface area contributed by atoms with Crippen molar-refractivity contribution >= 4 is 5.91 Å². The molecule has 4 nitrogen and oxygen atoms in total. The molecule has 0 saturated carbocycles. The van der Waals surface area contributed by atoms with E-state index in [9.17, 15) is 9.90 Å². The van der Waals surface area contributed by atoms with Crippen LogP contribution in [0.15, 0.2) is 18.2 Å². The standard InChI is InChI=1S/C15H24N2O2/c1-10(2)8-15(4,9-16)17-14(19)13-6-5-12(18)7-11(13)3/h5-7,10,18H,8-9,16H2,1-4H3,(H,17,19). The number of carbonyl (C=O) groups excluding carboxylic acids is 1. The molecule has 1 rings (SSSR count). The van der Waals surface area contributed by atoms with Gasteiger partial charge in [0.2, 0.25) is 0 Å². The highest BCUT2D eigenvalue weighted by Gasteiger charge is 2.26. The molecule has 1 amide bonds. The molecule has 4 heteroatoms. The maximum Gasteiger partial charge on any atom is 0.252 e. The fourth-order valence-electron chi connectivity index (χ4n) is 2.33. The number of nitrogens with one attached hydrogen (secondary N) is 1. The molecule has 0 aromatic heterocycles. The van der Waals surface area contributed by atoms with Gasteiger partial charge in [-0.1, -0.05) is 13.8 Å². The predicted octanol–water partition coefficient (Wildman–Crippen LogP) is 2.19. The first-order valence-corrected chi connectivity index (χ1v) is 6.59. The minimum absolute atomic E-state index is 0.147. The van der Waals surface area contributed by atoms with Gasteiger partial charge >= 0.3 is 0 Å². The van der Waals surface area contributed by atoms with Gasteiger partial charge in [0.15, 0.2) is 0 Å². The molecule has 0 spiro atoms. The first-order valence-electron chi connectivity index (χ1n) is 6.59. The van der Waals surface area contributed by atoms with E-state index in [1.54, 1.807) is 19.1 Å². The summed E-state index contributed by atoms with van der Waals surface area (Å²) in [5.74, 6) is 0.471. The van der Waals surface area contributed by atoms with E-state index in [1.165, 1.54) is 6.07 Å². The van der Waals surface area contributed by atoms with Gasteiger partial charge in [-0.15, -0.1) is 0 Å². The number of phenols is 1. The van der Waals surface area contributed by atoms with Gasteiger partial charge in [-0.2, -0.15) is 0 Å². The highest BCUT2D eigenvalue weighted by molar-refractivity contribution is 5.96. The fraction of sp³-hybridized carbons (Fsp3) is 0.533. The third kappa shape index (κ3) is 4.24. The summed E-state index contributed by atoms with van der Waals surface area (Å²) in [6.45, 7) is 8.36. The summed E-state index contributed by atoms with van der Waals surface area (Å²) in [6.07, 6.45) is 0.826. The van der Waals surface area contributed by atoms with E-state index in [1.807, 2.05) is 6.92 Å². The molecule has 0 heterocycles. The molecular weight excluding hydrogens is 240 g/mol. The zero-order valence-corrected chi connectivity index (χ0v) is 12.2. The number of hydrogen-bond acceptors (Lipinski definition) is 3. The lowest BCUT2D eigenvalue weighted by Crippen LogP contribution is -2.52. The summed E-state index contributed by atoms with van der Waals surface area (Å²) in [7, 11) is 0. The molecule has 0 saturated heterocycles. The maximum absolute atomic E-state index is 12.3. The molecule has 106 valence electrons. The van der Waals surface area contributed by atoms with Crippen LogP contribution in [-0.2, 0) is 0 Å². The summed E-state index contributed by atoms with van der Waals surface area (Å²) in [5.41, 5.74) is 6.70. The molecule has 0 radical (unpaired) electrons. The minimum atomic E-state index is -0.407. The van der Waals surface area contributed by atoms with E-state index >= 15 is 0 Å². The molecule has 0 bridgehead atoms. The van der Waals surface area contributed by atoms with Crippen molar-refractivity contribution in [3.05, 3.63) is 29.3 Å². The summed E-state index contributed by atoms with van der Waals surface area (Å²) in [5, 5.41) is 12.4. The number of benzene rings is 1. The van der Waals surface area contributed by atoms with E-state index in [2.05, 4.69) is 19.2 Å². The van der Waals surface area contributed by atoms with E-state index in [0.29, 0.717) is 18.0 Å². The highest BCUT2D eigenvalue weighted by atomic mass is 16.3. The van der Waals surface area contributed by atoms with E-state index in [4.69, 9.17) is 5.73 Å². The number of nitrogens with two attached hydrogens (primary N) is 1. The van der Waals surface area contributed by atoms with Crippen LogP contribution in [0.2, 0.25) is 0 Å². The molecule has 0 aliphatic rings. The quantitative estimate of drug-likeness (QED) is 0.763. The smallest absolute Gasteiger partial charge is 0.252 e. The average molecular weight is 264 g/mol. The maximum atomic E-state index is 12.3. The van der Waals surface area contributed by atoms with E-state index < -0.39 is 5.54 Å². The third-order valence-electron chi connectivity index (χ3n) is 3.18. The van der Waals surface area contributed by atoms with Crippen molar-refractivity contribution in [1.82, 2.24) is 5.32 Å². The Morgan fingerprint density at radius 3 is 2.58 bits per heavy atom. The Balaban J connectivity index is 2.88. The zero-order chi connectivity index (χ0) is 14.6. The molecular formula is C15H24N2O2. The Morgan fingerprint density at radius 2 is 2.11 bits per heavy atom.